The molecule has 1 aliphatic carbocycles. The fourth-order valence-electron chi connectivity index (χ4n) is 3.21. The average Bonchev–Trinajstić information content (AvgIpc) is 3.42. The van der Waals surface area contributed by atoms with Gasteiger partial charge in [-0.3, -0.25) is 4.79 Å². The molecular formula is C22H21F2N3O3. The summed E-state index contributed by atoms with van der Waals surface area (Å²) in [6.07, 6.45) is 3.65. The summed E-state index contributed by atoms with van der Waals surface area (Å²) < 4.78 is 36.0. The Morgan fingerprint density at radius 1 is 1.27 bits per heavy atom. The molecule has 1 fully saturated rings. The molecule has 0 saturated heterocycles. The second-order valence-corrected chi connectivity index (χ2v) is 7.48. The first-order chi connectivity index (χ1) is 14.4. The Labute approximate surface area is 171 Å². The number of nitrogens with zero attached hydrogens (tertiary/aromatic N) is 1. The number of ether oxygens (including phenoxy) is 2. The van der Waals surface area contributed by atoms with E-state index in [0.29, 0.717) is 28.6 Å². The van der Waals surface area contributed by atoms with Crippen LogP contribution in [-0.2, 0) is 6.42 Å². The summed E-state index contributed by atoms with van der Waals surface area (Å²) in [5.74, 6) is 6.65. The van der Waals surface area contributed by atoms with Gasteiger partial charge in [-0.1, -0.05) is 19.8 Å². The van der Waals surface area contributed by atoms with E-state index in [2.05, 4.69) is 31.8 Å². The molecule has 0 bridgehead atoms. The zero-order valence-electron chi connectivity index (χ0n) is 16.6. The van der Waals surface area contributed by atoms with Crippen LogP contribution in [0.4, 0.5) is 8.78 Å². The third kappa shape index (κ3) is 4.30. The van der Waals surface area contributed by atoms with Gasteiger partial charge in [0.25, 0.3) is 5.56 Å². The van der Waals surface area contributed by atoms with Gasteiger partial charge in [-0.25, -0.2) is 5.10 Å². The van der Waals surface area contributed by atoms with E-state index in [0.717, 1.165) is 18.4 Å². The second kappa shape index (κ2) is 8.19. The molecule has 2 aromatic heterocycles. The maximum Gasteiger partial charge on any atom is 0.387 e. The Morgan fingerprint density at radius 2 is 2.07 bits per heavy atom. The molecule has 156 valence electrons. The van der Waals surface area contributed by atoms with Crippen molar-refractivity contribution in [1.29, 1.82) is 0 Å². The van der Waals surface area contributed by atoms with Crippen molar-refractivity contribution in [1.82, 2.24) is 15.2 Å². The summed E-state index contributed by atoms with van der Waals surface area (Å²) in [6.45, 7) is 1.03. The van der Waals surface area contributed by atoms with Gasteiger partial charge in [0.05, 0.1) is 28.9 Å². The molecule has 2 heterocycles. The molecule has 1 aliphatic rings. The number of benzene rings is 1. The van der Waals surface area contributed by atoms with Gasteiger partial charge in [-0.2, -0.15) is 13.9 Å². The quantitative estimate of drug-likeness (QED) is 0.592. The van der Waals surface area contributed by atoms with Crippen LogP contribution in [-0.4, -0.2) is 27.9 Å². The Balaban J connectivity index is 1.83. The van der Waals surface area contributed by atoms with Crippen LogP contribution in [0.1, 0.15) is 32.3 Å². The van der Waals surface area contributed by atoms with Gasteiger partial charge in [0.1, 0.15) is 0 Å². The van der Waals surface area contributed by atoms with E-state index in [4.69, 9.17) is 4.74 Å². The van der Waals surface area contributed by atoms with Crippen molar-refractivity contribution in [3.05, 3.63) is 40.3 Å². The number of nitrogens with one attached hydrogen (secondary N) is 2. The van der Waals surface area contributed by atoms with Crippen LogP contribution in [0.2, 0.25) is 0 Å². The summed E-state index contributed by atoms with van der Waals surface area (Å²) in [6, 6.07) is 4.77. The molecule has 0 spiro atoms. The molecule has 0 amide bonds. The van der Waals surface area contributed by atoms with E-state index in [1.807, 2.05) is 13.8 Å². The molecule has 8 heteroatoms. The fraction of sp³-hybridized carbons (Fsp3) is 0.364. The topological polar surface area (TPSA) is 80.0 Å². The smallest absolute Gasteiger partial charge is 0.387 e. The lowest BCUT2D eigenvalue weighted by atomic mass is 10.0. The van der Waals surface area contributed by atoms with Crippen LogP contribution in [0.5, 0.6) is 11.5 Å². The minimum atomic E-state index is -2.95. The van der Waals surface area contributed by atoms with Gasteiger partial charge < -0.3 is 14.5 Å². The predicted octanol–water partition coefficient (Wildman–Crippen LogP) is 4.26. The van der Waals surface area contributed by atoms with Crippen LogP contribution in [0.25, 0.3) is 22.2 Å². The van der Waals surface area contributed by atoms with Gasteiger partial charge in [0.15, 0.2) is 11.5 Å². The number of hydrogen-bond donors (Lipinski definition) is 2. The molecule has 1 aromatic carbocycles. The predicted molar refractivity (Wildman–Crippen MR) is 109 cm³/mol. The highest BCUT2D eigenvalue weighted by molar-refractivity contribution is 5.90. The number of fused-ring (bicyclic) bond motifs is 1. The lowest BCUT2D eigenvalue weighted by molar-refractivity contribution is -0.0516. The third-order valence-corrected chi connectivity index (χ3v) is 4.64. The highest BCUT2D eigenvalue weighted by atomic mass is 19.3. The number of rotatable bonds is 6. The van der Waals surface area contributed by atoms with E-state index < -0.39 is 6.61 Å². The van der Waals surface area contributed by atoms with Crippen molar-refractivity contribution >= 4 is 10.9 Å². The fourth-order valence-corrected chi connectivity index (χ4v) is 3.21. The van der Waals surface area contributed by atoms with E-state index in [1.54, 1.807) is 12.1 Å². The van der Waals surface area contributed by atoms with Gasteiger partial charge in [0.2, 0.25) is 0 Å². The minimum absolute atomic E-state index is 0.00594. The van der Waals surface area contributed by atoms with Crippen molar-refractivity contribution in [2.24, 2.45) is 5.92 Å². The third-order valence-electron chi connectivity index (χ3n) is 4.64. The van der Waals surface area contributed by atoms with Crippen molar-refractivity contribution in [3.8, 4) is 34.6 Å². The summed E-state index contributed by atoms with van der Waals surface area (Å²) in [5, 5.41) is 6.78. The number of aromatic amines is 2. The SMILES string of the molecule is CC(C)C#CCc1c(-c2ccc(OC(F)F)c(OC3CC3)c2)[nH]c2cn[nH]c(=O)c12. The maximum atomic E-state index is 12.8. The van der Waals surface area contributed by atoms with Crippen LogP contribution in [0.15, 0.2) is 29.2 Å². The molecule has 2 N–H and O–H groups in total. The molecule has 0 radical (unpaired) electrons. The van der Waals surface area contributed by atoms with Crippen molar-refractivity contribution in [2.45, 2.75) is 45.8 Å². The Kier molecular flexibility index (Phi) is 5.44. The van der Waals surface area contributed by atoms with Crippen molar-refractivity contribution < 1.29 is 18.3 Å². The molecule has 30 heavy (non-hydrogen) atoms. The van der Waals surface area contributed by atoms with E-state index in [-0.39, 0.29) is 29.1 Å². The summed E-state index contributed by atoms with van der Waals surface area (Å²) >= 11 is 0. The number of aromatic nitrogens is 3. The molecule has 6 nitrogen and oxygen atoms in total. The zero-order valence-corrected chi connectivity index (χ0v) is 16.6. The minimum Gasteiger partial charge on any atom is -0.487 e. The molecule has 4 rings (SSSR count). The Bertz CT molecular complexity index is 1180. The van der Waals surface area contributed by atoms with E-state index in [1.165, 1.54) is 12.3 Å². The van der Waals surface area contributed by atoms with Crippen LogP contribution in [0.3, 0.4) is 0 Å². The average molecular weight is 413 g/mol. The number of hydrogen-bond acceptors (Lipinski definition) is 4. The van der Waals surface area contributed by atoms with E-state index >= 15 is 0 Å². The first kappa shape index (κ1) is 20.0. The largest absolute Gasteiger partial charge is 0.487 e. The summed E-state index contributed by atoms with van der Waals surface area (Å²) in [5.41, 5.74) is 2.34. The number of H-pyrrole nitrogens is 2. The first-order valence-corrected chi connectivity index (χ1v) is 9.75. The van der Waals surface area contributed by atoms with Gasteiger partial charge in [-0.05, 0) is 31.0 Å². The normalized spacial score (nSPS) is 13.5. The lowest BCUT2D eigenvalue weighted by Gasteiger charge is -2.13. The molecule has 0 unspecified atom stereocenters. The van der Waals surface area contributed by atoms with Gasteiger partial charge >= 0.3 is 6.61 Å². The molecule has 0 atom stereocenters. The molecule has 3 aromatic rings. The van der Waals surface area contributed by atoms with Crippen molar-refractivity contribution in [3.63, 3.8) is 0 Å². The highest BCUT2D eigenvalue weighted by Gasteiger charge is 2.26. The van der Waals surface area contributed by atoms with Gasteiger partial charge in [0, 0.05) is 23.5 Å². The monoisotopic (exact) mass is 413 g/mol. The second-order valence-electron chi connectivity index (χ2n) is 7.48. The summed E-state index contributed by atoms with van der Waals surface area (Å²) in [4.78, 5) is 15.6. The van der Waals surface area contributed by atoms with Gasteiger partial charge in [-0.15, -0.1) is 5.92 Å². The summed E-state index contributed by atoms with van der Waals surface area (Å²) in [7, 11) is 0. The first-order valence-electron chi connectivity index (χ1n) is 9.75. The van der Waals surface area contributed by atoms with Crippen molar-refractivity contribution in [2.75, 3.05) is 0 Å². The van der Waals surface area contributed by atoms with Crippen LogP contribution < -0.4 is 15.0 Å². The van der Waals surface area contributed by atoms with E-state index in [9.17, 15) is 13.6 Å². The number of alkyl halides is 2. The Hall–Kier alpha value is -3.34. The van der Waals surface area contributed by atoms with Crippen LogP contribution >= 0.6 is 0 Å². The standard InChI is InChI=1S/C22H21F2N3O3/c1-12(2)4-3-5-15-19-16(11-25-27-21(19)28)26-20(15)13-6-9-17(30-22(23)24)18(10-13)29-14-7-8-14/h6,9-12,14,22,26H,5,7-8H2,1-2H3,(H,27,28). The Morgan fingerprint density at radius 3 is 2.77 bits per heavy atom. The molecular weight excluding hydrogens is 392 g/mol. The molecule has 1 saturated carbocycles. The molecule has 0 aliphatic heterocycles. The zero-order chi connectivity index (χ0) is 21.3. The maximum absolute atomic E-state index is 12.8. The lowest BCUT2D eigenvalue weighted by Crippen LogP contribution is -2.08. The van der Waals surface area contributed by atoms with Crippen LogP contribution in [0, 0.1) is 17.8 Å². The highest BCUT2D eigenvalue weighted by Crippen LogP contribution is 2.39. The number of halogens is 2.